The molecular weight excluding hydrogens is 176 g/mol. The van der Waals surface area contributed by atoms with Gasteiger partial charge in [-0.05, 0) is 12.1 Å². The number of rotatable bonds is 1. The summed E-state index contributed by atoms with van der Waals surface area (Å²) in [5.41, 5.74) is 1.79. The molecule has 0 atom stereocenters. The number of nitrogens with one attached hydrogen (secondary N) is 1. The van der Waals surface area contributed by atoms with E-state index in [0.717, 1.165) is 26.2 Å². The van der Waals surface area contributed by atoms with Gasteiger partial charge in [0.2, 0.25) is 5.39 Å². The Labute approximate surface area is 83.2 Å². The van der Waals surface area contributed by atoms with Crippen LogP contribution in [-0.4, -0.2) is 26.2 Å². The number of benzene rings is 1. The van der Waals surface area contributed by atoms with Gasteiger partial charge in [-0.25, -0.2) is 0 Å². The molecule has 1 fully saturated rings. The molecule has 1 aliphatic rings. The first-order valence-corrected chi connectivity index (χ1v) is 4.81. The van der Waals surface area contributed by atoms with E-state index in [1.54, 1.807) is 0 Å². The highest BCUT2D eigenvalue weighted by Gasteiger charge is 2.11. The van der Waals surface area contributed by atoms with Crippen molar-refractivity contribution in [3.8, 4) is 0 Å². The van der Waals surface area contributed by atoms with Crippen molar-refractivity contribution in [3.63, 3.8) is 0 Å². The third kappa shape index (κ3) is 1.83. The molecule has 1 aliphatic heterocycles. The highest BCUT2D eigenvalue weighted by atomic mass is 15.2. The second-order valence-corrected chi connectivity index (χ2v) is 3.35. The predicted molar refractivity (Wildman–Crippen MR) is 56.3 cm³/mol. The lowest BCUT2D eigenvalue weighted by Gasteiger charge is -2.29. The Morgan fingerprint density at radius 2 is 1.79 bits per heavy atom. The maximum absolute atomic E-state index is 8.54. The Balaban J connectivity index is 2.12. The molecule has 0 aliphatic carbocycles. The lowest BCUT2D eigenvalue weighted by molar-refractivity contribution is 0.589. The molecule has 1 aromatic rings. The third-order valence-corrected chi connectivity index (χ3v) is 2.45. The summed E-state index contributed by atoms with van der Waals surface area (Å²) in [7, 11) is 0. The van der Waals surface area contributed by atoms with E-state index in [-0.39, 0.29) is 0 Å². The van der Waals surface area contributed by atoms with Crippen LogP contribution in [0.5, 0.6) is 0 Å². The lowest BCUT2D eigenvalue weighted by atomic mass is 10.2. The van der Waals surface area contributed by atoms with Gasteiger partial charge in [0.15, 0.2) is 4.98 Å². The van der Waals surface area contributed by atoms with Crippen LogP contribution in [0, 0.1) is 5.39 Å². The molecule has 1 aromatic carbocycles. The molecule has 2 rings (SSSR count). The predicted octanol–water partition coefficient (Wildman–Crippen LogP) is 1.58. The van der Waals surface area contributed by atoms with Crippen molar-refractivity contribution >= 4 is 11.4 Å². The normalized spacial score (nSPS) is 16.4. The van der Waals surface area contributed by atoms with Crippen molar-refractivity contribution < 1.29 is 0 Å². The first-order chi connectivity index (χ1) is 6.90. The van der Waals surface area contributed by atoms with E-state index >= 15 is 0 Å². The molecule has 0 aromatic heterocycles. The Morgan fingerprint density at radius 3 is 2.36 bits per heavy atom. The summed E-state index contributed by atoms with van der Waals surface area (Å²) in [6.07, 6.45) is 0. The minimum absolute atomic E-state index is 0.601. The van der Waals surface area contributed by atoms with Gasteiger partial charge in [-0.1, -0.05) is 0 Å². The van der Waals surface area contributed by atoms with Crippen LogP contribution in [-0.2, 0) is 0 Å². The van der Waals surface area contributed by atoms with Crippen molar-refractivity contribution in [2.24, 2.45) is 0 Å². The van der Waals surface area contributed by atoms with Crippen LogP contribution in [0.1, 0.15) is 0 Å². The van der Waals surface area contributed by atoms with E-state index in [4.69, 9.17) is 5.39 Å². The van der Waals surface area contributed by atoms with Crippen molar-refractivity contribution in [1.82, 2.24) is 5.32 Å². The maximum atomic E-state index is 8.54. The number of hydrogen-bond donors (Lipinski definition) is 1. The zero-order valence-corrected chi connectivity index (χ0v) is 7.98. The molecule has 1 heterocycles. The monoisotopic (exact) mass is 189 g/mol. The summed E-state index contributed by atoms with van der Waals surface area (Å²) >= 11 is 0. The molecule has 72 valence electrons. The topological polar surface area (TPSA) is 43.4 Å². The number of diazo groups is 1. The second kappa shape index (κ2) is 4.07. The smallest absolute Gasteiger partial charge is 0.369 e. The molecule has 14 heavy (non-hydrogen) atoms. The lowest BCUT2D eigenvalue weighted by Crippen LogP contribution is -2.43. The summed E-state index contributed by atoms with van der Waals surface area (Å²) < 4.78 is 0. The average Bonchev–Trinajstić information content (AvgIpc) is 2.30. The molecule has 0 radical (unpaired) electrons. The van der Waals surface area contributed by atoms with Gasteiger partial charge in [0.05, 0.1) is 0 Å². The number of hydrogen-bond acceptors (Lipinski definition) is 3. The van der Waals surface area contributed by atoms with Crippen LogP contribution >= 0.6 is 0 Å². The third-order valence-electron chi connectivity index (χ3n) is 2.45. The van der Waals surface area contributed by atoms with Crippen LogP contribution in [0.15, 0.2) is 24.3 Å². The highest BCUT2D eigenvalue weighted by molar-refractivity contribution is 5.55. The largest absolute Gasteiger partial charge is 0.385 e. The van der Waals surface area contributed by atoms with E-state index in [0.29, 0.717) is 5.69 Å². The summed E-state index contributed by atoms with van der Waals surface area (Å²) in [6.45, 7) is 4.14. The van der Waals surface area contributed by atoms with Crippen molar-refractivity contribution in [2.75, 3.05) is 31.1 Å². The van der Waals surface area contributed by atoms with Gasteiger partial charge < -0.3 is 10.2 Å². The molecule has 0 spiro atoms. The number of piperazine rings is 1. The molecule has 4 nitrogen and oxygen atoms in total. The van der Waals surface area contributed by atoms with Crippen LogP contribution < -0.4 is 10.2 Å². The van der Waals surface area contributed by atoms with E-state index in [1.165, 1.54) is 5.69 Å². The molecule has 1 saturated heterocycles. The standard InChI is InChI=1S/C10H13N4/c11-13-9-1-3-10(4-2-9)14-7-5-12-6-8-14/h1-4,12H,5-8H2/q+1. The second-order valence-electron chi connectivity index (χ2n) is 3.35. The summed E-state index contributed by atoms with van der Waals surface area (Å²) in [5, 5.41) is 11.8. The fraction of sp³-hybridized carbons (Fsp3) is 0.400. The Kier molecular flexibility index (Phi) is 2.61. The SMILES string of the molecule is N#[N+]c1ccc(N2CCNCC2)cc1. The number of anilines is 1. The summed E-state index contributed by atoms with van der Waals surface area (Å²) in [6, 6.07) is 7.61. The Morgan fingerprint density at radius 1 is 1.14 bits per heavy atom. The number of nitrogens with zero attached hydrogens (tertiary/aromatic N) is 3. The summed E-state index contributed by atoms with van der Waals surface area (Å²) in [5.74, 6) is 0. The van der Waals surface area contributed by atoms with Crippen molar-refractivity contribution in [1.29, 1.82) is 5.39 Å². The quantitative estimate of drug-likeness (QED) is 0.682. The minimum atomic E-state index is 0.601. The Hall–Kier alpha value is -1.60. The maximum Gasteiger partial charge on any atom is 0.385 e. The molecule has 0 saturated carbocycles. The Bertz CT molecular complexity index is 332. The van der Waals surface area contributed by atoms with Gasteiger partial charge in [0, 0.05) is 44.0 Å². The zero-order valence-electron chi connectivity index (χ0n) is 7.98. The van der Waals surface area contributed by atoms with Crippen molar-refractivity contribution in [3.05, 3.63) is 29.2 Å². The van der Waals surface area contributed by atoms with Gasteiger partial charge >= 0.3 is 5.69 Å². The summed E-state index contributed by atoms with van der Waals surface area (Å²) in [4.78, 5) is 5.44. The fourth-order valence-corrected chi connectivity index (χ4v) is 1.65. The molecule has 1 N–H and O–H groups in total. The first kappa shape index (κ1) is 8.97. The molecule has 0 bridgehead atoms. The van der Waals surface area contributed by atoms with E-state index in [9.17, 15) is 0 Å². The van der Waals surface area contributed by atoms with Crippen LogP contribution in [0.4, 0.5) is 11.4 Å². The van der Waals surface area contributed by atoms with Crippen LogP contribution in [0.3, 0.4) is 0 Å². The highest BCUT2D eigenvalue weighted by Crippen LogP contribution is 2.19. The molecule has 0 amide bonds. The first-order valence-electron chi connectivity index (χ1n) is 4.81. The van der Waals surface area contributed by atoms with Crippen molar-refractivity contribution in [2.45, 2.75) is 0 Å². The zero-order chi connectivity index (χ0) is 9.80. The fourth-order valence-electron chi connectivity index (χ4n) is 1.65. The van der Waals surface area contributed by atoms with Gasteiger partial charge in [0.25, 0.3) is 0 Å². The van der Waals surface area contributed by atoms with Crippen LogP contribution in [0.2, 0.25) is 0 Å². The van der Waals surface area contributed by atoms with Gasteiger partial charge in [0.1, 0.15) is 0 Å². The van der Waals surface area contributed by atoms with Crippen LogP contribution in [0.25, 0.3) is 4.98 Å². The van der Waals surface area contributed by atoms with Gasteiger partial charge in [-0.15, -0.1) is 0 Å². The van der Waals surface area contributed by atoms with E-state index in [2.05, 4.69) is 15.2 Å². The van der Waals surface area contributed by atoms with Gasteiger partial charge in [-0.2, -0.15) is 0 Å². The van der Waals surface area contributed by atoms with E-state index in [1.807, 2.05) is 24.3 Å². The molecular formula is C10H13N4+. The van der Waals surface area contributed by atoms with Gasteiger partial charge in [-0.3, -0.25) is 0 Å². The minimum Gasteiger partial charge on any atom is -0.369 e. The molecule has 0 unspecified atom stereocenters. The molecule has 4 heteroatoms. The van der Waals surface area contributed by atoms with E-state index < -0.39 is 0 Å². The average molecular weight is 189 g/mol.